The zero-order chi connectivity index (χ0) is 35.3. The molecule has 0 spiro atoms. The minimum absolute atomic E-state index is 1.23. The molecule has 2 heterocycles. The molecule has 0 atom stereocenters. The third kappa shape index (κ3) is 4.48. The molecule has 250 valence electrons. The van der Waals surface area contributed by atoms with Gasteiger partial charge in [-0.15, -0.1) is 22.7 Å². The van der Waals surface area contributed by atoms with Gasteiger partial charge in [0, 0.05) is 40.3 Å². The molecule has 0 bridgehead atoms. The van der Waals surface area contributed by atoms with Crippen molar-refractivity contribution in [3.05, 3.63) is 182 Å². The third-order valence-corrected chi connectivity index (χ3v) is 13.7. The van der Waals surface area contributed by atoms with Crippen LogP contribution in [0.4, 0.5) is 0 Å². The first-order valence-corrected chi connectivity index (χ1v) is 20.1. The van der Waals surface area contributed by atoms with Gasteiger partial charge in [-0.2, -0.15) is 0 Å². The van der Waals surface area contributed by atoms with Crippen molar-refractivity contribution in [3.8, 4) is 33.4 Å². The first kappa shape index (κ1) is 30.2. The van der Waals surface area contributed by atoms with Gasteiger partial charge in [-0.3, -0.25) is 0 Å². The van der Waals surface area contributed by atoms with E-state index in [0.717, 1.165) is 0 Å². The van der Waals surface area contributed by atoms with Gasteiger partial charge in [0.25, 0.3) is 0 Å². The molecule has 0 radical (unpaired) electrons. The Balaban J connectivity index is 1.01. The monoisotopic (exact) mass is 718 g/mol. The molecular weight excluding hydrogens is 689 g/mol. The van der Waals surface area contributed by atoms with Gasteiger partial charge in [0.2, 0.25) is 0 Å². The second-order valence-electron chi connectivity index (χ2n) is 14.4. The van der Waals surface area contributed by atoms with Gasteiger partial charge in [0.05, 0.1) is 0 Å². The average Bonchev–Trinajstić information content (AvgIpc) is 3.78. The average molecular weight is 719 g/mol. The fourth-order valence-electron chi connectivity index (χ4n) is 8.90. The van der Waals surface area contributed by atoms with Crippen LogP contribution in [0.15, 0.2) is 182 Å². The Morgan fingerprint density at radius 1 is 0.241 bits per heavy atom. The molecular formula is C52H30S2. The molecule has 0 fully saturated rings. The summed E-state index contributed by atoms with van der Waals surface area (Å²) in [5.74, 6) is 0. The molecule has 0 unspecified atom stereocenters. The van der Waals surface area contributed by atoms with E-state index in [4.69, 9.17) is 0 Å². The second-order valence-corrected chi connectivity index (χ2v) is 16.5. The van der Waals surface area contributed by atoms with Crippen molar-refractivity contribution in [2.24, 2.45) is 0 Å². The normalized spacial score (nSPS) is 12.1. The lowest BCUT2D eigenvalue weighted by Crippen LogP contribution is -1.91. The van der Waals surface area contributed by atoms with E-state index in [9.17, 15) is 0 Å². The maximum atomic E-state index is 2.44. The number of hydrogen-bond donors (Lipinski definition) is 0. The molecule has 0 aliphatic heterocycles. The summed E-state index contributed by atoms with van der Waals surface area (Å²) in [6, 6.07) is 67.9. The van der Waals surface area contributed by atoms with Crippen molar-refractivity contribution in [2.75, 3.05) is 0 Å². The highest BCUT2D eigenvalue weighted by atomic mass is 32.1. The second kappa shape index (κ2) is 11.6. The summed E-state index contributed by atoms with van der Waals surface area (Å²) in [6.07, 6.45) is 0. The highest BCUT2D eigenvalue weighted by Gasteiger charge is 2.18. The predicted molar refractivity (Wildman–Crippen MR) is 239 cm³/mol. The van der Waals surface area contributed by atoms with Gasteiger partial charge in [-0.1, -0.05) is 152 Å². The summed E-state index contributed by atoms with van der Waals surface area (Å²) in [7, 11) is 0. The Labute approximate surface area is 319 Å². The van der Waals surface area contributed by atoms with Crippen LogP contribution in [-0.4, -0.2) is 0 Å². The summed E-state index contributed by atoms with van der Waals surface area (Å²) in [5, 5.41) is 15.7. The van der Waals surface area contributed by atoms with Crippen LogP contribution in [0.2, 0.25) is 0 Å². The van der Waals surface area contributed by atoms with Gasteiger partial charge in [-0.25, -0.2) is 0 Å². The maximum absolute atomic E-state index is 2.44. The van der Waals surface area contributed by atoms with E-state index in [2.05, 4.69) is 182 Å². The molecule has 0 amide bonds. The zero-order valence-corrected chi connectivity index (χ0v) is 30.8. The fraction of sp³-hybridized carbons (Fsp3) is 0. The first-order valence-electron chi connectivity index (χ1n) is 18.5. The molecule has 0 aliphatic rings. The predicted octanol–water partition coefficient (Wildman–Crippen LogP) is 16.0. The van der Waals surface area contributed by atoms with Crippen molar-refractivity contribution in [3.63, 3.8) is 0 Å². The number of benzene rings is 10. The van der Waals surface area contributed by atoms with Crippen LogP contribution >= 0.6 is 22.7 Å². The molecule has 2 heteroatoms. The highest BCUT2D eigenvalue weighted by Crippen LogP contribution is 2.47. The summed E-state index contributed by atoms with van der Waals surface area (Å²) >= 11 is 3.83. The Bertz CT molecular complexity index is 3450. The third-order valence-electron chi connectivity index (χ3n) is 11.4. The summed E-state index contributed by atoms with van der Waals surface area (Å²) in [5.41, 5.74) is 7.55. The molecule has 0 saturated carbocycles. The van der Waals surface area contributed by atoms with Crippen molar-refractivity contribution in [1.82, 2.24) is 0 Å². The van der Waals surface area contributed by atoms with Crippen molar-refractivity contribution >= 4 is 106 Å². The molecule has 0 nitrogen and oxygen atoms in total. The van der Waals surface area contributed by atoms with Gasteiger partial charge < -0.3 is 0 Å². The van der Waals surface area contributed by atoms with E-state index >= 15 is 0 Å². The molecule has 10 aromatic carbocycles. The lowest BCUT2D eigenvalue weighted by atomic mass is 9.85. The van der Waals surface area contributed by atoms with Crippen molar-refractivity contribution < 1.29 is 0 Å². The summed E-state index contributed by atoms with van der Waals surface area (Å²) in [6.45, 7) is 0. The SMILES string of the molecule is c1cc(-c2ccc3c(c2)sc2cc4sc5c6ccccc6ccc5c4cc23)cc(-c2c3ccccc3c(-c3ccc4ccccc4c3)c3ccccc23)c1. The number of fused-ring (bicyclic) bond motifs is 11. The summed E-state index contributed by atoms with van der Waals surface area (Å²) in [4.78, 5) is 0. The van der Waals surface area contributed by atoms with Crippen LogP contribution in [0.1, 0.15) is 0 Å². The molecule has 12 rings (SSSR count). The largest absolute Gasteiger partial charge is 0.135 e. The fourth-order valence-corrected chi connectivity index (χ4v) is 11.4. The van der Waals surface area contributed by atoms with E-state index in [0.29, 0.717) is 0 Å². The van der Waals surface area contributed by atoms with Crippen LogP contribution in [0.25, 0.3) is 117 Å². The lowest BCUT2D eigenvalue weighted by molar-refractivity contribution is 1.63. The van der Waals surface area contributed by atoms with Crippen molar-refractivity contribution in [1.29, 1.82) is 0 Å². The van der Waals surface area contributed by atoms with Gasteiger partial charge in [0.1, 0.15) is 0 Å². The van der Waals surface area contributed by atoms with E-state index in [1.165, 1.54) is 117 Å². The van der Waals surface area contributed by atoms with Gasteiger partial charge in [-0.05, 0) is 107 Å². The van der Waals surface area contributed by atoms with E-state index in [1.807, 2.05) is 22.7 Å². The first-order chi connectivity index (χ1) is 26.7. The van der Waals surface area contributed by atoms with E-state index in [-0.39, 0.29) is 0 Å². The summed E-state index contributed by atoms with van der Waals surface area (Å²) < 4.78 is 5.43. The van der Waals surface area contributed by atoms with Crippen molar-refractivity contribution in [2.45, 2.75) is 0 Å². The van der Waals surface area contributed by atoms with Gasteiger partial charge in [0.15, 0.2) is 0 Å². The Morgan fingerprint density at radius 3 is 1.52 bits per heavy atom. The highest BCUT2D eigenvalue weighted by molar-refractivity contribution is 7.28. The van der Waals surface area contributed by atoms with Crippen LogP contribution < -0.4 is 0 Å². The Kier molecular flexibility index (Phi) is 6.48. The van der Waals surface area contributed by atoms with E-state index < -0.39 is 0 Å². The zero-order valence-electron chi connectivity index (χ0n) is 29.1. The molecule has 0 N–H and O–H groups in total. The number of hydrogen-bond acceptors (Lipinski definition) is 2. The van der Waals surface area contributed by atoms with Crippen LogP contribution in [0.3, 0.4) is 0 Å². The molecule has 54 heavy (non-hydrogen) atoms. The molecule has 2 aromatic heterocycles. The van der Waals surface area contributed by atoms with E-state index in [1.54, 1.807) is 0 Å². The molecule has 0 saturated heterocycles. The van der Waals surface area contributed by atoms with Crippen LogP contribution in [0, 0.1) is 0 Å². The maximum Gasteiger partial charge on any atom is 0.0433 e. The lowest BCUT2D eigenvalue weighted by Gasteiger charge is -2.18. The Hall–Kier alpha value is -6.32. The molecule has 0 aliphatic carbocycles. The van der Waals surface area contributed by atoms with Crippen LogP contribution in [0.5, 0.6) is 0 Å². The van der Waals surface area contributed by atoms with Gasteiger partial charge >= 0.3 is 0 Å². The standard InChI is InChI=1S/C52H30S2/c1-2-12-33-26-37(21-20-31(33)10-1)51-42-18-7-5-16-40(42)50(41-17-6-8-19-43(41)51)36-14-9-13-34(27-36)35-23-24-39-45-29-46-44-25-22-32-11-3-4-15-38(32)52(44)54-49(46)30-48(45)53-47(39)28-35/h1-30H. The number of rotatable bonds is 3. The topological polar surface area (TPSA) is 0 Å². The minimum Gasteiger partial charge on any atom is -0.135 e. The minimum atomic E-state index is 1.23. The number of thiophene rings is 2. The smallest absolute Gasteiger partial charge is 0.0433 e. The molecule has 12 aromatic rings. The Morgan fingerprint density at radius 2 is 0.759 bits per heavy atom. The quantitative estimate of drug-likeness (QED) is 0.160. The van der Waals surface area contributed by atoms with Crippen LogP contribution in [-0.2, 0) is 0 Å².